The zero-order chi connectivity index (χ0) is 27.4. The fourth-order valence-corrected chi connectivity index (χ4v) is 5.45. The molecular formula is C31H32BF2N3O2. The number of hydrogen-bond donors (Lipinski definition) is 3. The van der Waals surface area contributed by atoms with Crippen LogP contribution in [0.1, 0.15) is 60.8 Å². The number of benzene rings is 3. The van der Waals surface area contributed by atoms with Crippen molar-refractivity contribution >= 4 is 25.1 Å². The Labute approximate surface area is 229 Å². The lowest BCUT2D eigenvalue weighted by Gasteiger charge is -2.37. The summed E-state index contributed by atoms with van der Waals surface area (Å²) >= 11 is 0. The predicted molar refractivity (Wildman–Crippen MR) is 148 cm³/mol. The van der Waals surface area contributed by atoms with Gasteiger partial charge in [-0.25, -0.2) is 8.78 Å². The highest BCUT2D eigenvalue weighted by atomic mass is 19.1. The Bertz CT molecular complexity index is 1240. The van der Waals surface area contributed by atoms with Crippen molar-refractivity contribution in [1.29, 1.82) is 0 Å². The number of carbonyl (C=O) groups excluding carboxylic acids is 2. The summed E-state index contributed by atoms with van der Waals surface area (Å²) in [5, 5.41) is 9.55. The van der Waals surface area contributed by atoms with Crippen LogP contribution in [0, 0.1) is 17.6 Å². The van der Waals surface area contributed by atoms with Crippen LogP contribution >= 0.6 is 0 Å². The van der Waals surface area contributed by atoms with Crippen LogP contribution in [0.5, 0.6) is 0 Å². The van der Waals surface area contributed by atoms with E-state index in [2.05, 4.69) is 16.0 Å². The van der Waals surface area contributed by atoms with Crippen LogP contribution in [0.4, 0.5) is 8.78 Å². The van der Waals surface area contributed by atoms with Gasteiger partial charge in [0.1, 0.15) is 19.5 Å². The Morgan fingerprint density at radius 1 is 0.795 bits per heavy atom. The molecule has 5 rings (SSSR count). The molecule has 3 aromatic rings. The molecule has 0 aliphatic heterocycles. The number of rotatable bonds is 9. The minimum atomic E-state index is -0.573. The molecule has 0 aromatic heterocycles. The van der Waals surface area contributed by atoms with Gasteiger partial charge in [0.05, 0.1) is 12.6 Å². The van der Waals surface area contributed by atoms with Crippen LogP contribution in [0.3, 0.4) is 0 Å². The average molecular weight is 527 g/mol. The number of halogens is 2. The first-order valence-corrected chi connectivity index (χ1v) is 13.5. The zero-order valence-corrected chi connectivity index (χ0v) is 21.7. The topological polar surface area (TPSA) is 70.2 Å². The minimum Gasteiger partial charge on any atom is -0.352 e. The van der Waals surface area contributed by atoms with E-state index in [9.17, 15) is 18.4 Å². The Morgan fingerprint density at radius 2 is 1.36 bits per heavy atom. The van der Waals surface area contributed by atoms with Gasteiger partial charge in [-0.1, -0.05) is 54.0 Å². The van der Waals surface area contributed by atoms with Crippen molar-refractivity contribution in [3.8, 4) is 0 Å². The Balaban J connectivity index is 1.35. The molecule has 0 bridgehead atoms. The van der Waals surface area contributed by atoms with E-state index >= 15 is 0 Å². The first-order valence-electron chi connectivity index (χ1n) is 13.5. The van der Waals surface area contributed by atoms with Crippen molar-refractivity contribution in [2.24, 2.45) is 5.92 Å². The van der Waals surface area contributed by atoms with E-state index in [1.807, 2.05) is 24.3 Å². The highest BCUT2D eigenvalue weighted by Crippen LogP contribution is 2.39. The molecule has 2 saturated carbocycles. The van der Waals surface area contributed by atoms with Crippen LogP contribution in [0.2, 0.25) is 0 Å². The van der Waals surface area contributed by atoms with Crippen LogP contribution in [-0.4, -0.2) is 38.3 Å². The van der Waals surface area contributed by atoms with Crippen LogP contribution < -0.4 is 21.4 Å². The second kappa shape index (κ2) is 12.1. The van der Waals surface area contributed by atoms with E-state index in [0.29, 0.717) is 48.4 Å². The third-order valence-corrected chi connectivity index (χ3v) is 7.74. The lowest BCUT2D eigenvalue weighted by Crippen LogP contribution is -2.47. The maximum absolute atomic E-state index is 13.9. The molecule has 8 heteroatoms. The number of hydrogen-bond acceptors (Lipinski definition) is 3. The Hall–Kier alpha value is -3.52. The fraction of sp³-hybridized carbons (Fsp3) is 0.355. The standard InChI is InChI=1S/C31H32BF2N3O2/c32-22-7-1-19(2-8-22)28-17-26(36-29(38)18-35-25-13-14-25)15-16-27(28)31(39)37-30(20-3-9-23(33)10-4-20)21-5-11-24(34)12-6-21/h1-12,25-28,30,35H,13-18H2,(H,36,38)(H,37,39)/t26-,27-,28+/m1/s1. The van der Waals surface area contributed by atoms with Gasteiger partial charge in [-0.3, -0.25) is 9.59 Å². The molecule has 0 spiro atoms. The van der Waals surface area contributed by atoms with Crippen molar-refractivity contribution in [3.63, 3.8) is 0 Å². The molecule has 3 aromatic carbocycles. The Morgan fingerprint density at radius 3 is 1.92 bits per heavy atom. The number of nitrogens with one attached hydrogen (secondary N) is 3. The lowest BCUT2D eigenvalue weighted by molar-refractivity contribution is -0.127. The second-order valence-corrected chi connectivity index (χ2v) is 10.7. The summed E-state index contributed by atoms with van der Waals surface area (Å²) in [7, 11) is 5.93. The average Bonchev–Trinajstić information content (AvgIpc) is 3.77. The van der Waals surface area contributed by atoms with Gasteiger partial charge in [0.2, 0.25) is 11.8 Å². The van der Waals surface area contributed by atoms with E-state index in [0.717, 1.165) is 18.4 Å². The summed E-state index contributed by atoms with van der Waals surface area (Å²) in [6, 6.07) is 19.3. The van der Waals surface area contributed by atoms with E-state index in [-0.39, 0.29) is 41.3 Å². The summed E-state index contributed by atoms with van der Waals surface area (Å²) < 4.78 is 27.3. The first-order chi connectivity index (χ1) is 18.9. The molecule has 3 N–H and O–H groups in total. The molecule has 0 heterocycles. The third kappa shape index (κ3) is 7.12. The maximum atomic E-state index is 13.9. The number of amides is 2. The fourth-order valence-electron chi connectivity index (χ4n) is 5.45. The van der Waals surface area contributed by atoms with Gasteiger partial charge >= 0.3 is 0 Å². The summed E-state index contributed by atoms with van der Waals surface area (Å²) in [5.74, 6) is -1.41. The largest absolute Gasteiger partial charge is 0.352 e. The molecular weight excluding hydrogens is 495 g/mol. The summed E-state index contributed by atoms with van der Waals surface area (Å²) in [6.45, 7) is 0.300. The van der Waals surface area contributed by atoms with E-state index in [1.54, 1.807) is 24.3 Å². The molecule has 5 nitrogen and oxygen atoms in total. The van der Waals surface area contributed by atoms with Gasteiger partial charge < -0.3 is 16.0 Å². The molecule has 2 aliphatic carbocycles. The molecule has 39 heavy (non-hydrogen) atoms. The molecule has 0 unspecified atom stereocenters. The molecule has 3 atom stereocenters. The van der Waals surface area contributed by atoms with Crippen molar-refractivity contribution in [2.45, 2.75) is 56.1 Å². The lowest BCUT2D eigenvalue weighted by atomic mass is 9.72. The van der Waals surface area contributed by atoms with Gasteiger partial charge in [-0.15, -0.1) is 0 Å². The highest BCUT2D eigenvalue weighted by Gasteiger charge is 2.37. The van der Waals surface area contributed by atoms with Crippen molar-refractivity contribution in [1.82, 2.24) is 16.0 Å². The normalized spacial score (nSPS) is 20.9. The van der Waals surface area contributed by atoms with E-state index in [1.165, 1.54) is 24.3 Å². The van der Waals surface area contributed by atoms with Crippen molar-refractivity contribution < 1.29 is 18.4 Å². The minimum absolute atomic E-state index is 0.0291. The molecule has 2 fully saturated rings. The Kier molecular flexibility index (Phi) is 8.41. The van der Waals surface area contributed by atoms with Crippen molar-refractivity contribution in [3.05, 3.63) is 101 Å². The SMILES string of the molecule is [B]c1ccc([C@@H]2C[C@H](NC(=O)CNC3CC3)CC[C@H]2C(=O)NC(c2ccc(F)cc2)c2ccc(F)cc2)cc1. The van der Waals surface area contributed by atoms with Gasteiger partial charge in [0.25, 0.3) is 0 Å². The van der Waals surface area contributed by atoms with Crippen molar-refractivity contribution in [2.75, 3.05) is 6.54 Å². The molecule has 2 amide bonds. The molecule has 2 radical (unpaired) electrons. The molecule has 200 valence electrons. The smallest absolute Gasteiger partial charge is 0.234 e. The third-order valence-electron chi connectivity index (χ3n) is 7.74. The van der Waals surface area contributed by atoms with E-state index in [4.69, 9.17) is 7.85 Å². The zero-order valence-electron chi connectivity index (χ0n) is 21.7. The highest BCUT2D eigenvalue weighted by molar-refractivity contribution is 6.32. The van der Waals surface area contributed by atoms with Gasteiger partial charge in [0.15, 0.2) is 0 Å². The summed E-state index contributed by atoms with van der Waals surface area (Å²) in [5.41, 5.74) is 3.02. The molecule has 0 saturated heterocycles. The van der Waals surface area contributed by atoms with Crippen LogP contribution in [0.25, 0.3) is 0 Å². The molecule has 2 aliphatic rings. The quantitative estimate of drug-likeness (QED) is 0.371. The monoisotopic (exact) mass is 527 g/mol. The summed E-state index contributed by atoms with van der Waals surface area (Å²) in [4.78, 5) is 26.4. The summed E-state index contributed by atoms with van der Waals surface area (Å²) in [6.07, 6.45) is 4.11. The van der Waals surface area contributed by atoms with Gasteiger partial charge in [-0.2, -0.15) is 0 Å². The van der Waals surface area contributed by atoms with Gasteiger partial charge in [-0.05, 0) is 79.0 Å². The second-order valence-electron chi connectivity index (χ2n) is 10.7. The number of carbonyl (C=O) groups is 2. The predicted octanol–water partition coefficient (Wildman–Crippen LogP) is 3.78. The maximum Gasteiger partial charge on any atom is 0.234 e. The van der Waals surface area contributed by atoms with E-state index < -0.39 is 6.04 Å². The van der Waals surface area contributed by atoms with Gasteiger partial charge in [0, 0.05) is 18.0 Å². The van der Waals surface area contributed by atoms with Crippen LogP contribution in [0.15, 0.2) is 72.8 Å². The van der Waals surface area contributed by atoms with Crippen LogP contribution in [-0.2, 0) is 9.59 Å². The first kappa shape index (κ1) is 27.1.